The Morgan fingerprint density at radius 2 is 1.76 bits per heavy atom. The van der Waals surface area contributed by atoms with Gasteiger partial charge in [0.25, 0.3) is 5.91 Å². The first kappa shape index (κ1) is 20.9. The average Bonchev–Trinajstić information content (AvgIpc) is 3.12. The summed E-state index contributed by atoms with van der Waals surface area (Å²) >= 11 is 0. The largest absolute Gasteiger partial charge is 0.378 e. The SMILES string of the molecule is CN(Cc1cnn(C)c1)C(=O)C1CCC(NC(=O)c2ccc(N(C)C)cc2)CC1. The van der Waals surface area contributed by atoms with Crippen LogP contribution in [0, 0.1) is 5.92 Å². The van der Waals surface area contributed by atoms with Gasteiger partial charge in [-0.25, -0.2) is 0 Å². The molecule has 0 bridgehead atoms. The molecule has 0 spiro atoms. The van der Waals surface area contributed by atoms with Crippen LogP contribution < -0.4 is 10.2 Å². The third kappa shape index (κ3) is 5.37. The van der Waals surface area contributed by atoms with Gasteiger partial charge in [0.1, 0.15) is 0 Å². The van der Waals surface area contributed by atoms with Crippen LogP contribution in [0.5, 0.6) is 0 Å². The normalized spacial score (nSPS) is 18.9. The van der Waals surface area contributed by atoms with Crippen molar-refractivity contribution in [1.82, 2.24) is 20.0 Å². The maximum absolute atomic E-state index is 12.8. The summed E-state index contributed by atoms with van der Waals surface area (Å²) in [6, 6.07) is 7.73. The molecule has 7 heteroatoms. The minimum Gasteiger partial charge on any atom is -0.378 e. The summed E-state index contributed by atoms with van der Waals surface area (Å²) in [5.74, 6) is 0.167. The summed E-state index contributed by atoms with van der Waals surface area (Å²) in [6.07, 6.45) is 7.00. The number of carbonyl (C=O) groups is 2. The third-order valence-corrected chi connectivity index (χ3v) is 5.61. The maximum Gasteiger partial charge on any atom is 0.251 e. The number of aryl methyl sites for hydroxylation is 1. The topological polar surface area (TPSA) is 70.5 Å². The van der Waals surface area contributed by atoms with Gasteiger partial charge in [0.15, 0.2) is 0 Å². The quantitative estimate of drug-likeness (QED) is 0.813. The number of benzene rings is 1. The maximum atomic E-state index is 12.8. The highest BCUT2D eigenvalue weighted by Gasteiger charge is 2.29. The van der Waals surface area contributed by atoms with E-state index in [0.29, 0.717) is 12.1 Å². The lowest BCUT2D eigenvalue weighted by Gasteiger charge is -2.31. The van der Waals surface area contributed by atoms with Gasteiger partial charge in [-0.2, -0.15) is 5.10 Å². The van der Waals surface area contributed by atoms with E-state index >= 15 is 0 Å². The summed E-state index contributed by atoms with van der Waals surface area (Å²) in [4.78, 5) is 29.1. The minimum absolute atomic E-state index is 0.0317. The Balaban J connectivity index is 1.47. The van der Waals surface area contributed by atoms with Crippen LogP contribution in [0.25, 0.3) is 0 Å². The Morgan fingerprint density at radius 1 is 1.10 bits per heavy atom. The van der Waals surface area contributed by atoms with Crippen molar-refractivity contribution in [2.75, 3.05) is 26.0 Å². The van der Waals surface area contributed by atoms with Crippen molar-refractivity contribution in [3.8, 4) is 0 Å². The fourth-order valence-corrected chi connectivity index (χ4v) is 3.88. The molecule has 0 saturated heterocycles. The first-order valence-corrected chi connectivity index (χ1v) is 10.1. The number of nitrogens with one attached hydrogen (secondary N) is 1. The van der Waals surface area contributed by atoms with Crippen LogP contribution >= 0.6 is 0 Å². The van der Waals surface area contributed by atoms with Crippen molar-refractivity contribution in [2.24, 2.45) is 13.0 Å². The zero-order valence-corrected chi connectivity index (χ0v) is 17.8. The number of hydrogen-bond acceptors (Lipinski definition) is 4. The smallest absolute Gasteiger partial charge is 0.251 e. The van der Waals surface area contributed by atoms with E-state index in [0.717, 1.165) is 36.9 Å². The molecule has 0 unspecified atom stereocenters. The number of rotatable bonds is 6. The molecule has 1 saturated carbocycles. The van der Waals surface area contributed by atoms with Crippen LogP contribution in [0.4, 0.5) is 5.69 Å². The second-order valence-corrected chi connectivity index (χ2v) is 8.18. The van der Waals surface area contributed by atoms with Gasteiger partial charge in [0.05, 0.1) is 6.20 Å². The van der Waals surface area contributed by atoms with Crippen LogP contribution in [-0.4, -0.2) is 53.7 Å². The van der Waals surface area contributed by atoms with Gasteiger partial charge in [-0.05, 0) is 49.9 Å². The van der Waals surface area contributed by atoms with Crippen LogP contribution in [-0.2, 0) is 18.4 Å². The van der Waals surface area contributed by atoms with Crippen LogP contribution in [0.15, 0.2) is 36.7 Å². The highest BCUT2D eigenvalue weighted by Crippen LogP contribution is 2.26. The standard InChI is InChI=1S/C22H31N5O2/c1-25(2)20-11-7-17(8-12-20)21(28)24-19-9-5-18(6-10-19)22(29)26(3)14-16-13-23-27(4)15-16/h7-8,11-13,15,18-19H,5-6,9-10,14H2,1-4H3,(H,24,28). The van der Waals surface area contributed by atoms with E-state index in [1.165, 1.54) is 0 Å². The molecule has 0 radical (unpaired) electrons. The molecule has 0 aliphatic heterocycles. The molecule has 1 aliphatic carbocycles. The second-order valence-electron chi connectivity index (χ2n) is 8.18. The monoisotopic (exact) mass is 397 g/mol. The van der Waals surface area contributed by atoms with Crippen molar-refractivity contribution in [2.45, 2.75) is 38.3 Å². The van der Waals surface area contributed by atoms with Crippen molar-refractivity contribution in [3.05, 3.63) is 47.8 Å². The van der Waals surface area contributed by atoms with Crippen molar-refractivity contribution in [3.63, 3.8) is 0 Å². The molecule has 1 heterocycles. The summed E-state index contributed by atoms with van der Waals surface area (Å²) in [5.41, 5.74) is 2.77. The molecular formula is C22H31N5O2. The van der Waals surface area contributed by atoms with Crippen molar-refractivity contribution >= 4 is 17.5 Å². The predicted octanol–water partition coefficient (Wildman–Crippen LogP) is 2.43. The zero-order valence-electron chi connectivity index (χ0n) is 17.8. The Bertz CT molecular complexity index is 835. The van der Waals surface area contributed by atoms with Crippen LogP contribution in [0.2, 0.25) is 0 Å². The van der Waals surface area contributed by atoms with Gasteiger partial charge in [0, 0.05) is 69.7 Å². The summed E-state index contributed by atoms with van der Waals surface area (Å²) in [6.45, 7) is 0.576. The fourth-order valence-electron chi connectivity index (χ4n) is 3.88. The first-order chi connectivity index (χ1) is 13.8. The van der Waals surface area contributed by atoms with E-state index < -0.39 is 0 Å². The number of hydrogen-bond donors (Lipinski definition) is 1. The van der Waals surface area contributed by atoms with Crippen LogP contribution in [0.1, 0.15) is 41.6 Å². The van der Waals surface area contributed by atoms with Crippen LogP contribution in [0.3, 0.4) is 0 Å². The number of carbonyl (C=O) groups excluding carboxylic acids is 2. The van der Waals surface area contributed by atoms with Crippen molar-refractivity contribution in [1.29, 1.82) is 0 Å². The number of aromatic nitrogens is 2. The van der Waals surface area contributed by atoms with E-state index in [4.69, 9.17) is 0 Å². The second kappa shape index (κ2) is 9.11. The van der Waals surface area contributed by atoms with E-state index in [1.807, 2.05) is 63.6 Å². The number of amides is 2. The molecule has 7 nitrogen and oxygen atoms in total. The molecule has 156 valence electrons. The summed E-state index contributed by atoms with van der Waals surface area (Å²) in [5, 5.41) is 7.28. The Kier molecular flexibility index (Phi) is 6.56. The lowest BCUT2D eigenvalue weighted by atomic mass is 9.85. The van der Waals surface area contributed by atoms with Gasteiger partial charge in [0.2, 0.25) is 5.91 Å². The van der Waals surface area contributed by atoms with Gasteiger partial charge < -0.3 is 15.1 Å². The van der Waals surface area contributed by atoms with Crippen molar-refractivity contribution < 1.29 is 9.59 Å². The molecule has 1 aromatic heterocycles. The van der Waals surface area contributed by atoms with E-state index in [1.54, 1.807) is 15.8 Å². The third-order valence-electron chi connectivity index (χ3n) is 5.61. The molecule has 29 heavy (non-hydrogen) atoms. The molecule has 2 aromatic rings. The molecular weight excluding hydrogens is 366 g/mol. The van der Waals surface area contributed by atoms with Gasteiger partial charge in [-0.15, -0.1) is 0 Å². The van der Waals surface area contributed by atoms with Gasteiger partial charge in [-0.3, -0.25) is 14.3 Å². The Hall–Kier alpha value is -2.83. The average molecular weight is 398 g/mol. The minimum atomic E-state index is -0.0428. The Morgan fingerprint density at radius 3 is 2.31 bits per heavy atom. The predicted molar refractivity (Wildman–Crippen MR) is 114 cm³/mol. The fraction of sp³-hybridized carbons (Fsp3) is 0.500. The molecule has 1 aliphatic rings. The highest BCUT2D eigenvalue weighted by molar-refractivity contribution is 5.94. The van der Waals surface area contributed by atoms with Gasteiger partial charge >= 0.3 is 0 Å². The lowest BCUT2D eigenvalue weighted by molar-refractivity contribution is -0.135. The number of nitrogens with zero attached hydrogens (tertiary/aromatic N) is 4. The summed E-state index contributed by atoms with van der Waals surface area (Å²) < 4.78 is 1.75. The lowest BCUT2D eigenvalue weighted by Crippen LogP contribution is -2.41. The number of anilines is 1. The highest BCUT2D eigenvalue weighted by atomic mass is 16.2. The Labute approximate surface area is 172 Å². The van der Waals surface area contributed by atoms with Gasteiger partial charge in [-0.1, -0.05) is 0 Å². The molecule has 1 aromatic carbocycles. The molecule has 2 amide bonds. The zero-order chi connectivity index (χ0) is 21.0. The molecule has 0 atom stereocenters. The van der Waals surface area contributed by atoms with E-state index in [-0.39, 0.29) is 23.8 Å². The first-order valence-electron chi connectivity index (χ1n) is 10.1. The molecule has 3 rings (SSSR count). The van der Waals surface area contributed by atoms with E-state index in [2.05, 4.69) is 10.4 Å². The molecule has 1 fully saturated rings. The molecule has 1 N–H and O–H groups in total. The summed E-state index contributed by atoms with van der Waals surface area (Å²) in [7, 11) is 7.67. The van der Waals surface area contributed by atoms with E-state index in [9.17, 15) is 9.59 Å².